The van der Waals surface area contributed by atoms with Gasteiger partial charge >= 0.3 is 0 Å². The molecule has 51 heavy (non-hydrogen) atoms. The molecule has 0 bridgehead atoms. The molecule has 3 heterocycles. The summed E-state index contributed by atoms with van der Waals surface area (Å²) in [6.45, 7) is 1.96. The van der Waals surface area contributed by atoms with Crippen LogP contribution in [0.2, 0.25) is 0 Å². The summed E-state index contributed by atoms with van der Waals surface area (Å²) < 4.78 is 2.46. The van der Waals surface area contributed by atoms with E-state index in [1.165, 1.54) is 55.2 Å². The Balaban J connectivity index is 1.33. The number of benzene rings is 6. The molecule has 0 radical (unpaired) electrons. The van der Waals surface area contributed by atoms with Crippen LogP contribution in [-0.4, -0.2) is 19.5 Å². The Morgan fingerprint density at radius 1 is 0.627 bits per heavy atom. The lowest BCUT2D eigenvalue weighted by Gasteiger charge is -2.39. The lowest BCUT2D eigenvalue weighted by molar-refractivity contribution is 0.748. The molecular weight excluding hydrogens is 621 g/mol. The van der Waals surface area contributed by atoms with Crippen molar-refractivity contribution in [3.8, 4) is 51.9 Å². The van der Waals surface area contributed by atoms with Gasteiger partial charge in [-0.3, -0.25) is 0 Å². The average molecular weight is 651 g/mol. The third-order valence-electron chi connectivity index (χ3n) is 10.5. The van der Waals surface area contributed by atoms with Crippen molar-refractivity contribution in [1.82, 2.24) is 19.5 Å². The maximum absolute atomic E-state index is 6.04. The highest BCUT2D eigenvalue weighted by atomic mass is 15.0. The molecule has 238 valence electrons. The maximum atomic E-state index is 6.04. The number of rotatable bonds is 4. The van der Waals surface area contributed by atoms with Crippen molar-refractivity contribution >= 4 is 27.4 Å². The van der Waals surface area contributed by atoms with Crippen LogP contribution in [0.3, 0.4) is 0 Å². The number of allylic oxidation sites excluding steroid dienone is 4. The zero-order valence-electron chi connectivity index (χ0n) is 27.9. The van der Waals surface area contributed by atoms with E-state index in [0.29, 0.717) is 23.0 Å². The van der Waals surface area contributed by atoms with Crippen molar-refractivity contribution in [2.24, 2.45) is 0 Å². The first kappa shape index (κ1) is 29.1. The molecule has 1 spiro atoms. The van der Waals surface area contributed by atoms with Crippen LogP contribution in [0.15, 0.2) is 158 Å². The molecule has 0 fully saturated rings. The van der Waals surface area contributed by atoms with Gasteiger partial charge in [0, 0.05) is 21.9 Å². The van der Waals surface area contributed by atoms with E-state index >= 15 is 0 Å². The molecule has 0 amide bonds. The van der Waals surface area contributed by atoms with Crippen molar-refractivity contribution in [2.45, 2.75) is 12.3 Å². The number of para-hydroxylation sites is 2. The van der Waals surface area contributed by atoms with E-state index < -0.39 is 5.41 Å². The minimum Gasteiger partial charge on any atom is -0.309 e. The minimum atomic E-state index is -0.573. The summed E-state index contributed by atoms with van der Waals surface area (Å²) in [5.74, 6) is 4.42. The average Bonchev–Trinajstić information content (AvgIpc) is 3.69. The van der Waals surface area contributed by atoms with Crippen LogP contribution in [0, 0.1) is 12.3 Å². The highest BCUT2D eigenvalue weighted by Gasteiger charge is 2.50. The highest BCUT2D eigenvalue weighted by molar-refractivity contribution is 6.13. The van der Waals surface area contributed by atoms with Crippen LogP contribution >= 0.6 is 0 Å². The normalized spacial score (nSPS) is 13.8. The maximum Gasteiger partial charge on any atom is 0.172 e. The number of aromatic nitrogens is 4. The Labute approximate surface area is 296 Å². The van der Waals surface area contributed by atoms with Crippen LogP contribution in [-0.2, 0) is 5.41 Å². The van der Waals surface area contributed by atoms with Crippen LogP contribution < -0.4 is 0 Å². The fraction of sp³-hybridized carbons (Fsp3) is 0.0426. The van der Waals surface area contributed by atoms with Gasteiger partial charge in [-0.15, -0.1) is 6.42 Å². The van der Waals surface area contributed by atoms with Crippen molar-refractivity contribution in [3.63, 3.8) is 0 Å². The molecule has 4 heteroatoms. The lowest BCUT2D eigenvalue weighted by Crippen LogP contribution is -2.33. The first-order valence-electron chi connectivity index (χ1n) is 17.2. The Morgan fingerprint density at radius 3 is 2.02 bits per heavy atom. The molecule has 1 aliphatic carbocycles. The number of hydrogen-bond donors (Lipinski definition) is 0. The zero-order valence-corrected chi connectivity index (χ0v) is 27.9. The monoisotopic (exact) mass is 650 g/mol. The second-order valence-electron chi connectivity index (χ2n) is 13.1. The molecule has 0 saturated carbocycles. The molecule has 2 aliphatic rings. The van der Waals surface area contributed by atoms with Crippen LogP contribution in [0.5, 0.6) is 0 Å². The first-order valence-corrected chi connectivity index (χ1v) is 17.2. The molecule has 1 aliphatic heterocycles. The van der Waals surface area contributed by atoms with Gasteiger partial charge < -0.3 is 4.57 Å². The molecule has 8 aromatic rings. The molecule has 2 aromatic heterocycles. The minimum absolute atomic E-state index is 0.465. The van der Waals surface area contributed by atoms with Gasteiger partial charge in [0.2, 0.25) is 0 Å². The van der Waals surface area contributed by atoms with E-state index in [4.69, 9.17) is 21.4 Å². The standard InChI is InChI=1S/C47H30N4/c1-3-5-16-30(4-2)44-48-45(31-17-7-6-8-18-31)50-46(49-44)32-27-28-42-40(29-32)47(37-23-12-9-19-33(37)34-20-10-13-24-38(34)47)39-25-15-22-36-35-21-11-14-26-41(35)51(42)43(36)39/h2-3,5-29H,1H3/b5-3-,30-16+. The highest BCUT2D eigenvalue weighted by Crippen LogP contribution is 2.61. The molecule has 6 aromatic carbocycles. The van der Waals surface area contributed by atoms with Gasteiger partial charge in [0.25, 0.3) is 0 Å². The summed E-state index contributed by atoms with van der Waals surface area (Å²) in [7, 11) is 0. The Kier molecular flexibility index (Phi) is 6.34. The number of terminal acetylenes is 1. The van der Waals surface area contributed by atoms with Crippen molar-refractivity contribution in [3.05, 3.63) is 186 Å². The molecule has 0 unspecified atom stereocenters. The Hall–Kier alpha value is -6.83. The van der Waals surface area contributed by atoms with Crippen LogP contribution in [0.25, 0.3) is 67.0 Å². The summed E-state index contributed by atoms with van der Waals surface area (Å²) >= 11 is 0. The number of fused-ring (bicyclic) bond motifs is 12. The van der Waals surface area contributed by atoms with E-state index in [1.807, 2.05) is 55.5 Å². The van der Waals surface area contributed by atoms with Gasteiger partial charge in [-0.05, 0) is 70.6 Å². The van der Waals surface area contributed by atoms with Gasteiger partial charge in [-0.25, -0.2) is 15.0 Å². The predicted molar refractivity (Wildman–Crippen MR) is 208 cm³/mol. The second kappa shape index (κ2) is 11.1. The SMILES string of the molecule is C#C/C(=C\C=C/C)c1nc(-c2ccccc2)nc(-c2ccc3c(c2)C2(c4ccccc4-c4ccccc42)c2cccc4c5ccccc5n-3c24)n1. The van der Waals surface area contributed by atoms with E-state index in [-0.39, 0.29) is 0 Å². The van der Waals surface area contributed by atoms with E-state index in [9.17, 15) is 0 Å². The predicted octanol–water partition coefficient (Wildman–Crippen LogP) is 10.6. The summed E-state index contributed by atoms with van der Waals surface area (Å²) in [6.07, 6.45) is 11.8. The lowest BCUT2D eigenvalue weighted by atomic mass is 9.65. The smallest absolute Gasteiger partial charge is 0.172 e. The summed E-state index contributed by atoms with van der Waals surface area (Å²) in [4.78, 5) is 15.0. The van der Waals surface area contributed by atoms with Crippen molar-refractivity contribution in [2.75, 3.05) is 0 Å². The number of hydrogen-bond acceptors (Lipinski definition) is 3. The molecule has 10 rings (SSSR count). The van der Waals surface area contributed by atoms with Crippen LogP contribution in [0.1, 0.15) is 35.0 Å². The number of nitrogens with zero attached hydrogens (tertiary/aromatic N) is 4. The fourth-order valence-corrected chi connectivity index (χ4v) is 8.42. The summed E-state index contributed by atoms with van der Waals surface area (Å²) in [5.41, 5.74) is 12.9. The topological polar surface area (TPSA) is 43.6 Å². The molecule has 0 atom stereocenters. The van der Waals surface area contributed by atoms with Gasteiger partial charge in [0.05, 0.1) is 27.7 Å². The van der Waals surface area contributed by atoms with Gasteiger partial charge in [0.15, 0.2) is 17.5 Å². The van der Waals surface area contributed by atoms with E-state index in [2.05, 4.69) is 120 Å². The van der Waals surface area contributed by atoms with E-state index in [1.54, 1.807) is 0 Å². The first-order chi connectivity index (χ1) is 25.2. The molecule has 0 N–H and O–H groups in total. The Morgan fingerprint density at radius 2 is 1.27 bits per heavy atom. The van der Waals surface area contributed by atoms with Gasteiger partial charge in [-0.1, -0.05) is 133 Å². The third kappa shape index (κ3) is 4.00. The van der Waals surface area contributed by atoms with Crippen molar-refractivity contribution < 1.29 is 0 Å². The second-order valence-corrected chi connectivity index (χ2v) is 13.1. The molecule has 0 saturated heterocycles. The Bertz CT molecular complexity index is 2780. The zero-order chi connectivity index (χ0) is 34.1. The summed E-state index contributed by atoms with van der Waals surface area (Å²) in [6, 6.07) is 50.0. The van der Waals surface area contributed by atoms with Gasteiger partial charge in [0.1, 0.15) is 0 Å². The summed E-state index contributed by atoms with van der Waals surface area (Å²) in [5, 5.41) is 2.49. The quantitative estimate of drug-likeness (QED) is 0.141. The fourth-order valence-electron chi connectivity index (χ4n) is 8.42. The van der Waals surface area contributed by atoms with E-state index in [0.717, 1.165) is 16.8 Å². The molecular formula is C47H30N4. The third-order valence-corrected chi connectivity index (χ3v) is 10.5. The van der Waals surface area contributed by atoms with Gasteiger partial charge in [-0.2, -0.15) is 0 Å². The van der Waals surface area contributed by atoms with Crippen LogP contribution in [0.4, 0.5) is 0 Å². The largest absolute Gasteiger partial charge is 0.309 e. The molecule has 4 nitrogen and oxygen atoms in total. The van der Waals surface area contributed by atoms with Crippen molar-refractivity contribution in [1.29, 1.82) is 0 Å².